The largest absolute Gasteiger partial charge is 0.494 e. The van der Waals surface area contributed by atoms with Gasteiger partial charge in [-0.15, -0.1) is 5.10 Å². The molecule has 1 amide bonds. The van der Waals surface area contributed by atoms with Crippen LogP contribution in [0.2, 0.25) is 10.0 Å². The third-order valence-electron chi connectivity index (χ3n) is 5.71. The summed E-state index contributed by atoms with van der Waals surface area (Å²) in [4.78, 5) is 22.4. The Balaban J connectivity index is 1.64. The molecule has 0 spiro atoms. The zero-order chi connectivity index (χ0) is 25.2. The van der Waals surface area contributed by atoms with Crippen molar-refractivity contribution in [3.8, 4) is 17.1 Å². The van der Waals surface area contributed by atoms with Crippen LogP contribution in [0.25, 0.3) is 11.4 Å². The molecule has 36 heavy (non-hydrogen) atoms. The topological polar surface area (TPSA) is 94.0 Å². The summed E-state index contributed by atoms with van der Waals surface area (Å²) in [6.07, 6.45) is 3.24. The van der Waals surface area contributed by atoms with E-state index in [4.69, 9.17) is 38.0 Å². The summed E-state index contributed by atoms with van der Waals surface area (Å²) in [6, 6.07) is 15.8. The van der Waals surface area contributed by atoms with Gasteiger partial charge in [-0.2, -0.15) is 4.98 Å². The molecule has 10 heteroatoms. The van der Waals surface area contributed by atoms with Gasteiger partial charge in [-0.25, -0.2) is 4.68 Å². The number of rotatable bonds is 6. The number of ether oxygens (including phenoxy) is 1. The number of nitrogens with zero attached hydrogens (tertiary/aromatic N) is 4. The quantitative estimate of drug-likeness (QED) is 0.325. The van der Waals surface area contributed by atoms with Gasteiger partial charge < -0.3 is 15.4 Å². The second kappa shape index (κ2) is 10.0. The van der Waals surface area contributed by atoms with Crippen molar-refractivity contribution in [2.75, 3.05) is 17.2 Å². The van der Waals surface area contributed by atoms with Gasteiger partial charge in [0.25, 0.3) is 5.91 Å². The number of carbonyl (C=O) groups excluding carboxylic acids is 1. The van der Waals surface area contributed by atoms with Crippen molar-refractivity contribution in [1.29, 1.82) is 0 Å². The Morgan fingerprint density at radius 3 is 2.72 bits per heavy atom. The predicted octanol–water partition coefficient (Wildman–Crippen LogP) is 5.97. The average Bonchev–Trinajstić information content (AvgIpc) is 3.29. The first-order valence-corrected chi connectivity index (χ1v) is 12.0. The summed E-state index contributed by atoms with van der Waals surface area (Å²) < 4.78 is 7.62. The standard InChI is InChI=1S/C26H22Cl2N6O2/c1-3-36-21-9-5-4-8-18(21)23-22(25(35)31-17-7-6-12-29-14-17)15(2)30-26-32-24(33-34(23)26)16-10-11-19(27)20(28)13-16/h4-14,23H,3H2,1-2H3,(H,31,35)(H,30,32,33). The lowest BCUT2D eigenvalue weighted by molar-refractivity contribution is -0.113. The van der Waals surface area contributed by atoms with E-state index in [9.17, 15) is 4.79 Å². The monoisotopic (exact) mass is 520 g/mol. The summed E-state index contributed by atoms with van der Waals surface area (Å²) in [5.41, 5.74) is 3.19. The number of pyridine rings is 1. The smallest absolute Gasteiger partial charge is 0.255 e. The number of carbonyl (C=O) groups is 1. The van der Waals surface area contributed by atoms with Crippen molar-refractivity contribution in [2.45, 2.75) is 19.9 Å². The number of aromatic nitrogens is 4. The maximum Gasteiger partial charge on any atom is 0.255 e. The van der Waals surface area contributed by atoms with Crippen LogP contribution in [-0.2, 0) is 4.79 Å². The Labute approximate surface area is 217 Å². The number of anilines is 2. The van der Waals surface area contributed by atoms with Gasteiger partial charge in [-0.05, 0) is 50.2 Å². The molecule has 2 aromatic carbocycles. The number of amides is 1. The fourth-order valence-corrected chi connectivity index (χ4v) is 4.42. The van der Waals surface area contributed by atoms with E-state index in [-0.39, 0.29) is 5.91 Å². The number of fused-ring (bicyclic) bond motifs is 1. The van der Waals surface area contributed by atoms with Crippen molar-refractivity contribution in [3.63, 3.8) is 0 Å². The Morgan fingerprint density at radius 1 is 1.14 bits per heavy atom. The highest BCUT2D eigenvalue weighted by atomic mass is 35.5. The maximum absolute atomic E-state index is 13.6. The Bertz CT molecular complexity index is 1470. The minimum atomic E-state index is -0.607. The first-order chi connectivity index (χ1) is 17.5. The van der Waals surface area contributed by atoms with Crippen LogP contribution in [0.1, 0.15) is 25.5 Å². The lowest BCUT2D eigenvalue weighted by Crippen LogP contribution is -2.31. The molecule has 5 rings (SSSR count). The van der Waals surface area contributed by atoms with Crippen molar-refractivity contribution in [3.05, 3.63) is 93.9 Å². The van der Waals surface area contributed by atoms with Gasteiger partial charge in [0.15, 0.2) is 5.82 Å². The number of hydrogen-bond acceptors (Lipinski definition) is 6. The van der Waals surface area contributed by atoms with Crippen LogP contribution in [0.15, 0.2) is 78.3 Å². The molecule has 0 aliphatic carbocycles. The predicted molar refractivity (Wildman–Crippen MR) is 140 cm³/mol. The first-order valence-electron chi connectivity index (χ1n) is 11.3. The molecule has 1 aliphatic rings. The zero-order valence-electron chi connectivity index (χ0n) is 19.5. The lowest BCUT2D eigenvalue weighted by Gasteiger charge is -2.29. The fraction of sp³-hybridized carbons (Fsp3) is 0.154. The number of hydrogen-bond donors (Lipinski definition) is 2. The van der Waals surface area contributed by atoms with Crippen LogP contribution in [0.3, 0.4) is 0 Å². The minimum absolute atomic E-state index is 0.290. The summed E-state index contributed by atoms with van der Waals surface area (Å²) in [5.74, 6) is 1.30. The molecule has 3 heterocycles. The third kappa shape index (κ3) is 4.53. The molecule has 0 saturated carbocycles. The summed E-state index contributed by atoms with van der Waals surface area (Å²) in [5, 5.41) is 11.8. The van der Waals surface area contributed by atoms with Gasteiger partial charge in [0.2, 0.25) is 5.95 Å². The third-order valence-corrected chi connectivity index (χ3v) is 6.45. The maximum atomic E-state index is 13.6. The van der Waals surface area contributed by atoms with Gasteiger partial charge in [0.05, 0.1) is 34.1 Å². The molecule has 0 radical (unpaired) electrons. The molecule has 182 valence electrons. The molecular formula is C26H22Cl2N6O2. The summed E-state index contributed by atoms with van der Waals surface area (Å²) in [6.45, 7) is 4.23. The van der Waals surface area contributed by atoms with Crippen molar-refractivity contribution in [2.24, 2.45) is 0 Å². The molecule has 2 N–H and O–H groups in total. The average molecular weight is 521 g/mol. The second-order valence-corrected chi connectivity index (χ2v) is 8.88. The summed E-state index contributed by atoms with van der Waals surface area (Å²) in [7, 11) is 0. The SMILES string of the molecule is CCOc1ccccc1C1C(C(=O)Nc2cccnc2)=C(C)Nc2nc(-c3ccc(Cl)c(Cl)c3)nn21. The van der Waals surface area contributed by atoms with E-state index in [0.29, 0.717) is 56.7 Å². The van der Waals surface area contributed by atoms with Crippen molar-refractivity contribution >= 4 is 40.7 Å². The first kappa shape index (κ1) is 23.8. The van der Waals surface area contributed by atoms with E-state index >= 15 is 0 Å². The van der Waals surface area contributed by atoms with E-state index in [2.05, 4.69) is 15.6 Å². The van der Waals surface area contributed by atoms with E-state index < -0.39 is 6.04 Å². The number of halogens is 2. The highest BCUT2D eigenvalue weighted by molar-refractivity contribution is 6.42. The van der Waals surface area contributed by atoms with Crippen molar-refractivity contribution < 1.29 is 9.53 Å². The molecule has 8 nitrogen and oxygen atoms in total. The van der Waals surface area contributed by atoms with Gasteiger partial charge in [0.1, 0.15) is 11.8 Å². The highest BCUT2D eigenvalue weighted by Gasteiger charge is 2.36. The number of benzene rings is 2. The van der Waals surface area contributed by atoms with Crippen LogP contribution < -0.4 is 15.4 Å². The molecule has 4 aromatic rings. The second-order valence-electron chi connectivity index (χ2n) is 8.07. The van der Waals surface area contributed by atoms with Crippen LogP contribution in [-0.4, -0.2) is 32.3 Å². The van der Waals surface area contributed by atoms with Crippen LogP contribution in [0, 0.1) is 0 Å². The van der Waals surface area contributed by atoms with Crippen molar-refractivity contribution in [1.82, 2.24) is 19.7 Å². The molecule has 0 bridgehead atoms. The molecule has 1 aliphatic heterocycles. The Morgan fingerprint density at radius 2 is 1.97 bits per heavy atom. The molecule has 1 atom stereocenters. The molecule has 2 aromatic heterocycles. The highest BCUT2D eigenvalue weighted by Crippen LogP contribution is 2.40. The molecule has 0 fully saturated rings. The minimum Gasteiger partial charge on any atom is -0.494 e. The normalized spacial score (nSPS) is 14.7. The zero-order valence-corrected chi connectivity index (χ0v) is 21.0. The van der Waals surface area contributed by atoms with E-state index in [1.165, 1.54) is 0 Å². The number of para-hydroxylation sites is 1. The number of nitrogens with one attached hydrogen (secondary N) is 2. The van der Waals surface area contributed by atoms with Gasteiger partial charge in [0, 0.05) is 23.0 Å². The van der Waals surface area contributed by atoms with Crippen LogP contribution >= 0.6 is 23.2 Å². The van der Waals surface area contributed by atoms with Crippen LogP contribution in [0.4, 0.5) is 11.6 Å². The van der Waals surface area contributed by atoms with Gasteiger partial charge >= 0.3 is 0 Å². The van der Waals surface area contributed by atoms with Gasteiger partial charge in [-0.1, -0.05) is 41.4 Å². The van der Waals surface area contributed by atoms with E-state index in [0.717, 1.165) is 5.56 Å². The number of allylic oxidation sites excluding steroid dienone is 1. The Kier molecular flexibility index (Phi) is 6.63. The Hall–Kier alpha value is -3.88. The van der Waals surface area contributed by atoms with Gasteiger partial charge in [-0.3, -0.25) is 9.78 Å². The molecule has 1 unspecified atom stereocenters. The lowest BCUT2D eigenvalue weighted by atomic mass is 9.94. The fourth-order valence-electron chi connectivity index (χ4n) is 4.12. The summed E-state index contributed by atoms with van der Waals surface area (Å²) >= 11 is 12.3. The molecule has 0 saturated heterocycles. The van der Waals surface area contributed by atoms with E-state index in [1.807, 2.05) is 38.1 Å². The van der Waals surface area contributed by atoms with Crippen LogP contribution in [0.5, 0.6) is 5.75 Å². The molecular weight excluding hydrogens is 499 g/mol. The van der Waals surface area contributed by atoms with E-state index in [1.54, 1.807) is 47.4 Å².